The summed E-state index contributed by atoms with van der Waals surface area (Å²) in [6, 6.07) is 13.4. The van der Waals surface area contributed by atoms with E-state index in [9.17, 15) is 0 Å². The van der Waals surface area contributed by atoms with Gasteiger partial charge in [0.2, 0.25) is 0 Å². The van der Waals surface area contributed by atoms with Gasteiger partial charge in [-0.2, -0.15) is 4.98 Å². The number of nitrogens with zero attached hydrogens (tertiary/aromatic N) is 2. The highest BCUT2D eigenvalue weighted by Gasteiger charge is 2.12. The lowest BCUT2D eigenvalue weighted by Crippen LogP contribution is -1.91. The van der Waals surface area contributed by atoms with E-state index in [1.54, 1.807) is 18.2 Å². The summed E-state index contributed by atoms with van der Waals surface area (Å²) in [5.41, 5.74) is 9.32. The van der Waals surface area contributed by atoms with Gasteiger partial charge in [0.1, 0.15) is 0 Å². The molecule has 0 fully saturated rings. The van der Waals surface area contributed by atoms with Crippen LogP contribution in [0.2, 0.25) is 5.02 Å². The van der Waals surface area contributed by atoms with Crippen molar-refractivity contribution in [3.05, 3.63) is 64.4 Å². The molecule has 0 radical (unpaired) electrons. The van der Waals surface area contributed by atoms with E-state index in [1.807, 2.05) is 0 Å². The Hall–Kier alpha value is -2.33. The third kappa shape index (κ3) is 3.06. The Labute approximate surface area is 127 Å². The van der Waals surface area contributed by atoms with Crippen LogP contribution in [-0.4, -0.2) is 10.1 Å². The lowest BCUT2D eigenvalue weighted by atomic mass is 10.1. The minimum absolute atomic E-state index is 0.405. The van der Waals surface area contributed by atoms with Crippen LogP contribution in [0, 0.1) is 6.92 Å². The fraction of sp³-hybridized carbons (Fsp3) is 0.125. The summed E-state index contributed by atoms with van der Waals surface area (Å²) < 4.78 is 5.28. The highest BCUT2D eigenvalue weighted by molar-refractivity contribution is 6.33. The van der Waals surface area contributed by atoms with Crippen LogP contribution in [0.5, 0.6) is 0 Å². The molecule has 0 aliphatic heterocycles. The van der Waals surface area contributed by atoms with E-state index in [2.05, 4.69) is 41.3 Å². The van der Waals surface area contributed by atoms with Crippen LogP contribution in [0.25, 0.3) is 11.5 Å². The Morgan fingerprint density at radius 1 is 1.14 bits per heavy atom. The van der Waals surface area contributed by atoms with Crippen LogP contribution in [-0.2, 0) is 6.42 Å². The SMILES string of the molecule is Cc1ccc(Cc2noc(-c3ccc(N)cc3Cl)n2)cc1. The number of hydrogen-bond donors (Lipinski definition) is 1. The predicted octanol–water partition coefficient (Wildman–Crippen LogP) is 3.87. The summed E-state index contributed by atoms with van der Waals surface area (Å²) >= 11 is 6.14. The first-order chi connectivity index (χ1) is 10.1. The molecule has 3 aromatic rings. The molecule has 106 valence electrons. The predicted molar refractivity (Wildman–Crippen MR) is 83.1 cm³/mol. The average molecular weight is 300 g/mol. The minimum Gasteiger partial charge on any atom is -0.399 e. The van der Waals surface area contributed by atoms with Crippen molar-refractivity contribution in [2.24, 2.45) is 0 Å². The summed E-state index contributed by atoms with van der Waals surface area (Å²) in [4.78, 5) is 4.39. The van der Waals surface area contributed by atoms with E-state index in [0.717, 1.165) is 5.56 Å². The topological polar surface area (TPSA) is 64.9 Å². The molecule has 0 bridgehead atoms. The summed E-state index contributed by atoms with van der Waals surface area (Å²) in [5, 5.41) is 4.50. The number of aromatic nitrogens is 2. The molecule has 2 aromatic carbocycles. The molecule has 1 aromatic heterocycles. The number of halogens is 1. The maximum absolute atomic E-state index is 6.14. The van der Waals surface area contributed by atoms with Gasteiger partial charge in [-0.05, 0) is 30.7 Å². The Morgan fingerprint density at radius 2 is 1.90 bits per heavy atom. The van der Waals surface area contributed by atoms with Gasteiger partial charge in [-0.15, -0.1) is 0 Å². The van der Waals surface area contributed by atoms with Crippen LogP contribution < -0.4 is 5.73 Å². The van der Waals surface area contributed by atoms with Gasteiger partial charge in [0.05, 0.1) is 10.6 Å². The van der Waals surface area contributed by atoms with Gasteiger partial charge in [0, 0.05) is 12.1 Å². The first-order valence-electron chi connectivity index (χ1n) is 6.55. The second-order valence-corrected chi connectivity index (χ2v) is 5.32. The zero-order chi connectivity index (χ0) is 14.8. The van der Waals surface area contributed by atoms with Crippen molar-refractivity contribution in [2.45, 2.75) is 13.3 Å². The van der Waals surface area contributed by atoms with Crippen molar-refractivity contribution in [1.82, 2.24) is 10.1 Å². The monoisotopic (exact) mass is 299 g/mol. The van der Waals surface area contributed by atoms with Crippen molar-refractivity contribution in [3.63, 3.8) is 0 Å². The van der Waals surface area contributed by atoms with Gasteiger partial charge < -0.3 is 10.3 Å². The van der Waals surface area contributed by atoms with Gasteiger partial charge >= 0.3 is 0 Å². The molecule has 0 amide bonds. The maximum Gasteiger partial charge on any atom is 0.259 e. The highest BCUT2D eigenvalue weighted by Crippen LogP contribution is 2.28. The Kier molecular flexibility index (Phi) is 3.62. The summed E-state index contributed by atoms with van der Waals surface area (Å²) in [6.07, 6.45) is 0.621. The third-order valence-corrected chi connectivity index (χ3v) is 3.49. The van der Waals surface area contributed by atoms with Crippen LogP contribution in [0.15, 0.2) is 47.0 Å². The number of benzene rings is 2. The maximum atomic E-state index is 6.14. The Morgan fingerprint density at radius 3 is 2.62 bits per heavy atom. The number of hydrogen-bond acceptors (Lipinski definition) is 4. The highest BCUT2D eigenvalue weighted by atomic mass is 35.5. The second kappa shape index (κ2) is 5.58. The summed E-state index contributed by atoms with van der Waals surface area (Å²) in [5.74, 6) is 1.03. The molecule has 0 aliphatic carbocycles. The zero-order valence-corrected chi connectivity index (χ0v) is 12.3. The summed E-state index contributed by atoms with van der Waals surface area (Å²) in [7, 11) is 0. The number of nitrogen functional groups attached to an aromatic ring is 1. The number of nitrogens with two attached hydrogens (primary N) is 1. The molecule has 3 rings (SSSR count). The summed E-state index contributed by atoms with van der Waals surface area (Å²) in [6.45, 7) is 2.05. The van der Waals surface area contributed by atoms with Crippen LogP contribution in [0.3, 0.4) is 0 Å². The third-order valence-electron chi connectivity index (χ3n) is 3.17. The van der Waals surface area contributed by atoms with Crippen LogP contribution in [0.4, 0.5) is 5.69 Å². The van der Waals surface area contributed by atoms with E-state index >= 15 is 0 Å². The number of aryl methyl sites for hydroxylation is 1. The first-order valence-corrected chi connectivity index (χ1v) is 6.93. The number of anilines is 1. The van der Waals surface area contributed by atoms with Crippen molar-refractivity contribution in [2.75, 3.05) is 5.73 Å². The van der Waals surface area contributed by atoms with E-state index in [-0.39, 0.29) is 0 Å². The Balaban J connectivity index is 1.84. The van der Waals surface area contributed by atoms with E-state index in [1.165, 1.54) is 5.56 Å². The van der Waals surface area contributed by atoms with Crippen molar-refractivity contribution >= 4 is 17.3 Å². The van der Waals surface area contributed by atoms with Gasteiger partial charge in [-0.25, -0.2) is 0 Å². The van der Waals surface area contributed by atoms with Gasteiger partial charge in [-0.1, -0.05) is 46.6 Å². The quantitative estimate of drug-likeness (QED) is 0.746. The molecule has 2 N–H and O–H groups in total. The molecule has 5 heteroatoms. The lowest BCUT2D eigenvalue weighted by Gasteiger charge is -1.99. The van der Waals surface area contributed by atoms with Crippen molar-refractivity contribution in [1.29, 1.82) is 0 Å². The molecule has 0 saturated carbocycles. The van der Waals surface area contributed by atoms with Gasteiger partial charge in [0.25, 0.3) is 5.89 Å². The first kappa shape index (κ1) is 13.6. The standard InChI is InChI=1S/C16H14ClN3O/c1-10-2-4-11(5-3-10)8-15-19-16(21-20-15)13-7-6-12(18)9-14(13)17/h2-7,9H,8,18H2,1H3. The van der Waals surface area contributed by atoms with Gasteiger partial charge in [0.15, 0.2) is 5.82 Å². The molecule has 4 nitrogen and oxygen atoms in total. The fourth-order valence-corrected chi connectivity index (χ4v) is 2.30. The number of rotatable bonds is 3. The van der Waals surface area contributed by atoms with Crippen LogP contribution >= 0.6 is 11.6 Å². The van der Waals surface area contributed by atoms with Gasteiger partial charge in [-0.3, -0.25) is 0 Å². The normalized spacial score (nSPS) is 10.8. The molecule has 0 unspecified atom stereocenters. The molecule has 1 heterocycles. The molecular formula is C16H14ClN3O. The van der Waals surface area contributed by atoms with Crippen LogP contribution in [0.1, 0.15) is 17.0 Å². The minimum atomic E-state index is 0.405. The smallest absolute Gasteiger partial charge is 0.259 e. The van der Waals surface area contributed by atoms with Crippen molar-refractivity contribution < 1.29 is 4.52 Å². The fourth-order valence-electron chi connectivity index (χ4n) is 2.03. The molecule has 0 atom stereocenters. The average Bonchev–Trinajstić information content (AvgIpc) is 2.90. The molecular weight excluding hydrogens is 286 g/mol. The zero-order valence-electron chi connectivity index (χ0n) is 11.5. The van der Waals surface area contributed by atoms with E-state index in [4.69, 9.17) is 21.9 Å². The molecule has 0 aliphatic rings. The Bertz CT molecular complexity index is 765. The van der Waals surface area contributed by atoms with E-state index < -0.39 is 0 Å². The lowest BCUT2D eigenvalue weighted by molar-refractivity contribution is 0.424. The largest absolute Gasteiger partial charge is 0.399 e. The molecule has 21 heavy (non-hydrogen) atoms. The molecule has 0 spiro atoms. The van der Waals surface area contributed by atoms with E-state index in [0.29, 0.717) is 34.4 Å². The molecule has 0 saturated heterocycles. The van der Waals surface area contributed by atoms with Crippen molar-refractivity contribution in [3.8, 4) is 11.5 Å². The second-order valence-electron chi connectivity index (χ2n) is 4.92.